The Balaban J connectivity index is 1.93. The van der Waals surface area contributed by atoms with Gasteiger partial charge in [-0.1, -0.05) is 19.0 Å². The van der Waals surface area contributed by atoms with E-state index in [4.69, 9.17) is 10.3 Å². The first-order chi connectivity index (χ1) is 7.67. The Bertz CT molecular complexity index is 328. The largest absolute Gasteiger partial charge is 0.339 e. The second-order valence-corrected chi connectivity index (χ2v) is 4.75. The summed E-state index contributed by atoms with van der Waals surface area (Å²) in [6.45, 7) is 7.00. The third-order valence-corrected chi connectivity index (χ3v) is 2.95. The van der Waals surface area contributed by atoms with E-state index in [0.29, 0.717) is 11.8 Å². The minimum absolute atomic E-state index is 0.279. The van der Waals surface area contributed by atoms with Gasteiger partial charge < -0.3 is 10.3 Å². The molecule has 90 valence electrons. The van der Waals surface area contributed by atoms with Crippen molar-refractivity contribution in [3.63, 3.8) is 0 Å². The van der Waals surface area contributed by atoms with Gasteiger partial charge in [-0.3, -0.25) is 4.90 Å². The molecule has 1 saturated heterocycles. The van der Waals surface area contributed by atoms with E-state index in [0.717, 1.165) is 38.3 Å². The molecule has 2 heterocycles. The zero-order valence-corrected chi connectivity index (χ0v) is 10.0. The molecule has 1 aliphatic heterocycles. The van der Waals surface area contributed by atoms with E-state index in [1.165, 1.54) is 0 Å². The van der Waals surface area contributed by atoms with Crippen LogP contribution >= 0.6 is 0 Å². The van der Waals surface area contributed by atoms with Crippen LogP contribution in [-0.4, -0.2) is 34.2 Å². The summed E-state index contributed by atoms with van der Waals surface area (Å²) in [5, 5.41) is 3.96. The maximum Gasteiger partial charge on any atom is 0.226 e. The van der Waals surface area contributed by atoms with E-state index in [9.17, 15) is 0 Å². The van der Waals surface area contributed by atoms with Gasteiger partial charge in [-0.2, -0.15) is 4.98 Å². The number of hydrogen-bond acceptors (Lipinski definition) is 5. The highest BCUT2D eigenvalue weighted by atomic mass is 16.5. The third kappa shape index (κ3) is 2.80. The van der Waals surface area contributed by atoms with Crippen LogP contribution in [0.15, 0.2) is 4.52 Å². The highest BCUT2D eigenvalue weighted by molar-refractivity contribution is 4.88. The van der Waals surface area contributed by atoms with Crippen molar-refractivity contribution in [2.24, 2.45) is 11.7 Å². The SMILES string of the molecule is CCc1nc(CN2CC(C)CC(N)C2)no1. The van der Waals surface area contributed by atoms with Crippen molar-refractivity contribution >= 4 is 0 Å². The van der Waals surface area contributed by atoms with Gasteiger partial charge in [0.05, 0.1) is 6.54 Å². The molecule has 2 N–H and O–H groups in total. The van der Waals surface area contributed by atoms with Crippen molar-refractivity contribution in [3.8, 4) is 0 Å². The van der Waals surface area contributed by atoms with E-state index in [-0.39, 0.29) is 6.04 Å². The average Bonchev–Trinajstić information content (AvgIpc) is 2.64. The molecule has 1 aliphatic rings. The number of aryl methyl sites for hydroxylation is 1. The molecule has 5 heteroatoms. The molecule has 2 unspecified atom stereocenters. The Kier molecular flexibility index (Phi) is 3.56. The number of likely N-dealkylation sites (tertiary alicyclic amines) is 1. The third-order valence-electron chi connectivity index (χ3n) is 2.95. The molecular weight excluding hydrogens is 204 g/mol. The lowest BCUT2D eigenvalue weighted by atomic mass is 9.97. The van der Waals surface area contributed by atoms with Gasteiger partial charge in [0.1, 0.15) is 0 Å². The van der Waals surface area contributed by atoms with Gasteiger partial charge in [0.2, 0.25) is 5.89 Å². The Morgan fingerprint density at radius 2 is 2.31 bits per heavy atom. The Hall–Kier alpha value is -0.940. The lowest BCUT2D eigenvalue weighted by Gasteiger charge is -2.33. The molecule has 0 aliphatic carbocycles. The van der Waals surface area contributed by atoms with Crippen LogP contribution in [-0.2, 0) is 13.0 Å². The molecule has 0 bridgehead atoms. The topological polar surface area (TPSA) is 68.2 Å². The smallest absolute Gasteiger partial charge is 0.226 e. The van der Waals surface area contributed by atoms with Crippen LogP contribution in [0.3, 0.4) is 0 Å². The molecule has 1 aromatic rings. The van der Waals surface area contributed by atoms with Crippen molar-refractivity contribution in [1.82, 2.24) is 15.0 Å². The predicted octanol–water partition coefficient (Wildman–Crippen LogP) is 0.801. The molecule has 0 saturated carbocycles. The lowest BCUT2D eigenvalue weighted by molar-refractivity contribution is 0.153. The minimum Gasteiger partial charge on any atom is -0.339 e. The van der Waals surface area contributed by atoms with E-state index in [1.807, 2.05) is 6.92 Å². The average molecular weight is 224 g/mol. The number of nitrogens with zero attached hydrogens (tertiary/aromatic N) is 3. The highest BCUT2D eigenvalue weighted by Crippen LogP contribution is 2.16. The molecule has 1 fully saturated rings. The van der Waals surface area contributed by atoms with Gasteiger partial charge in [0.15, 0.2) is 5.82 Å². The minimum atomic E-state index is 0.279. The van der Waals surface area contributed by atoms with E-state index in [2.05, 4.69) is 22.0 Å². The van der Waals surface area contributed by atoms with Crippen molar-refractivity contribution < 1.29 is 4.52 Å². The first kappa shape index (κ1) is 11.5. The quantitative estimate of drug-likeness (QED) is 0.822. The molecule has 16 heavy (non-hydrogen) atoms. The summed E-state index contributed by atoms with van der Waals surface area (Å²) in [6.07, 6.45) is 1.91. The molecule has 0 radical (unpaired) electrons. The normalized spacial score (nSPS) is 27.2. The summed E-state index contributed by atoms with van der Waals surface area (Å²) in [7, 11) is 0. The van der Waals surface area contributed by atoms with Crippen LogP contribution in [0.4, 0.5) is 0 Å². The van der Waals surface area contributed by atoms with Crippen molar-refractivity contribution in [2.75, 3.05) is 13.1 Å². The molecule has 1 aromatic heterocycles. The summed E-state index contributed by atoms with van der Waals surface area (Å²) < 4.78 is 5.09. The van der Waals surface area contributed by atoms with Crippen LogP contribution in [0, 0.1) is 5.92 Å². The zero-order chi connectivity index (χ0) is 11.5. The Morgan fingerprint density at radius 3 is 2.94 bits per heavy atom. The summed E-state index contributed by atoms with van der Waals surface area (Å²) in [5.41, 5.74) is 5.99. The van der Waals surface area contributed by atoms with Crippen LogP contribution < -0.4 is 5.73 Å². The molecular formula is C11H20N4O. The van der Waals surface area contributed by atoms with Crippen LogP contribution in [0.2, 0.25) is 0 Å². The number of aromatic nitrogens is 2. The predicted molar refractivity (Wildman–Crippen MR) is 60.7 cm³/mol. The van der Waals surface area contributed by atoms with Crippen molar-refractivity contribution in [2.45, 2.75) is 39.3 Å². The van der Waals surface area contributed by atoms with E-state index in [1.54, 1.807) is 0 Å². The summed E-state index contributed by atoms with van der Waals surface area (Å²) >= 11 is 0. The van der Waals surface area contributed by atoms with Crippen molar-refractivity contribution in [3.05, 3.63) is 11.7 Å². The van der Waals surface area contributed by atoms with Gasteiger partial charge in [0, 0.05) is 25.6 Å². The summed E-state index contributed by atoms with van der Waals surface area (Å²) in [4.78, 5) is 6.62. The number of hydrogen-bond donors (Lipinski definition) is 1. The van der Waals surface area contributed by atoms with E-state index < -0.39 is 0 Å². The number of piperidine rings is 1. The fraction of sp³-hybridized carbons (Fsp3) is 0.818. The standard InChI is InChI=1S/C11H20N4O/c1-3-11-13-10(14-16-11)7-15-5-8(2)4-9(12)6-15/h8-9H,3-7,12H2,1-2H3. The molecule has 0 spiro atoms. The van der Waals surface area contributed by atoms with Gasteiger partial charge in [-0.05, 0) is 12.3 Å². The van der Waals surface area contributed by atoms with E-state index >= 15 is 0 Å². The number of rotatable bonds is 3. The van der Waals surface area contributed by atoms with Gasteiger partial charge in [0.25, 0.3) is 0 Å². The second kappa shape index (κ2) is 4.93. The van der Waals surface area contributed by atoms with Gasteiger partial charge in [-0.25, -0.2) is 0 Å². The fourth-order valence-corrected chi connectivity index (χ4v) is 2.34. The molecule has 2 atom stereocenters. The van der Waals surface area contributed by atoms with Crippen LogP contribution in [0.5, 0.6) is 0 Å². The Labute approximate surface area is 96.0 Å². The molecule has 0 amide bonds. The first-order valence-electron chi connectivity index (χ1n) is 5.96. The maximum atomic E-state index is 5.99. The number of nitrogens with two attached hydrogens (primary N) is 1. The Morgan fingerprint density at radius 1 is 1.50 bits per heavy atom. The van der Waals surface area contributed by atoms with Crippen molar-refractivity contribution in [1.29, 1.82) is 0 Å². The van der Waals surface area contributed by atoms with Gasteiger partial charge >= 0.3 is 0 Å². The monoisotopic (exact) mass is 224 g/mol. The van der Waals surface area contributed by atoms with Crippen LogP contribution in [0.25, 0.3) is 0 Å². The zero-order valence-electron chi connectivity index (χ0n) is 10.0. The van der Waals surface area contributed by atoms with Gasteiger partial charge in [-0.15, -0.1) is 0 Å². The molecule has 5 nitrogen and oxygen atoms in total. The first-order valence-corrected chi connectivity index (χ1v) is 5.96. The molecule has 0 aromatic carbocycles. The summed E-state index contributed by atoms with van der Waals surface area (Å²) in [6, 6.07) is 0.279. The van der Waals surface area contributed by atoms with Crippen LogP contribution in [0.1, 0.15) is 32.0 Å². The lowest BCUT2D eigenvalue weighted by Crippen LogP contribution is -2.45. The highest BCUT2D eigenvalue weighted by Gasteiger charge is 2.23. The second-order valence-electron chi connectivity index (χ2n) is 4.75. The maximum absolute atomic E-state index is 5.99. The summed E-state index contributed by atoms with van der Waals surface area (Å²) in [5.74, 6) is 2.14. The molecule has 2 rings (SSSR count). The fourth-order valence-electron chi connectivity index (χ4n) is 2.34.